The number of aromatic nitrogens is 2. The van der Waals surface area contributed by atoms with E-state index in [0.717, 1.165) is 22.5 Å². The average molecular weight is 265 g/mol. The summed E-state index contributed by atoms with van der Waals surface area (Å²) in [4.78, 5) is 4.83. The highest BCUT2D eigenvalue weighted by atomic mass is 15.1. The second kappa shape index (κ2) is 4.76. The van der Waals surface area contributed by atoms with Crippen molar-refractivity contribution >= 4 is 11.0 Å². The molecule has 20 heavy (non-hydrogen) atoms. The number of para-hydroxylation sites is 3. The Kier molecular flexibility index (Phi) is 3.07. The van der Waals surface area contributed by atoms with Crippen molar-refractivity contribution in [1.82, 2.24) is 14.9 Å². The van der Waals surface area contributed by atoms with Gasteiger partial charge < -0.3 is 5.32 Å². The lowest BCUT2D eigenvalue weighted by atomic mass is 10.1. The number of rotatable bonds is 3. The van der Waals surface area contributed by atoms with Gasteiger partial charge >= 0.3 is 0 Å². The fourth-order valence-electron chi connectivity index (χ4n) is 2.40. The third-order valence-corrected chi connectivity index (χ3v) is 3.76. The van der Waals surface area contributed by atoms with Crippen LogP contribution in [0.3, 0.4) is 0 Å². The van der Waals surface area contributed by atoms with Gasteiger partial charge in [0, 0.05) is 5.69 Å². The molecule has 0 atom stereocenters. The van der Waals surface area contributed by atoms with E-state index in [1.54, 1.807) is 0 Å². The van der Waals surface area contributed by atoms with Crippen LogP contribution in [-0.2, 0) is 5.54 Å². The first kappa shape index (κ1) is 12.9. The highest BCUT2D eigenvalue weighted by Crippen LogP contribution is 2.27. The lowest BCUT2D eigenvalue weighted by Gasteiger charge is -2.24. The Morgan fingerprint density at radius 3 is 2.30 bits per heavy atom. The summed E-state index contributed by atoms with van der Waals surface area (Å²) in [5.74, 6) is 1.02. The van der Waals surface area contributed by atoms with Crippen molar-refractivity contribution in [3.05, 3.63) is 60.4 Å². The minimum Gasteiger partial charge on any atom is -0.308 e. The van der Waals surface area contributed by atoms with Gasteiger partial charge in [-0.3, -0.25) is 4.57 Å². The first-order valence-corrected chi connectivity index (χ1v) is 6.86. The Hall–Kier alpha value is -2.13. The van der Waals surface area contributed by atoms with E-state index in [2.05, 4.69) is 66.2 Å². The van der Waals surface area contributed by atoms with E-state index in [0.29, 0.717) is 0 Å². The Morgan fingerprint density at radius 2 is 1.60 bits per heavy atom. The van der Waals surface area contributed by atoms with Gasteiger partial charge in [0.05, 0.1) is 16.6 Å². The van der Waals surface area contributed by atoms with Crippen LogP contribution in [0.2, 0.25) is 0 Å². The maximum absolute atomic E-state index is 4.83. The Bertz CT molecular complexity index is 726. The molecule has 0 fully saturated rings. The quantitative estimate of drug-likeness (QED) is 0.785. The van der Waals surface area contributed by atoms with Gasteiger partial charge in [0.2, 0.25) is 0 Å². The number of nitrogens with one attached hydrogen (secondary N) is 1. The predicted octanol–water partition coefficient (Wildman–Crippen LogP) is 3.48. The number of nitrogens with zero attached hydrogens (tertiary/aromatic N) is 2. The van der Waals surface area contributed by atoms with Crippen LogP contribution in [0, 0.1) is 0 Å². The van der Waals surface area contributed by atoms with Crippen molar-refractivity contribution in [2.75, 3.05) is 7.05 Å². The molecule has 3 aromatic rings. The molecule has 3 heteroatoms. The lowest BCUT2D eigenvalue weighted by Crippen LogP contribution is -2.36. The molecule has 0 spiro atoms. The summed E-state index contributed by atoms with van der Waals surface area (Å²) in [5, 5.41) is 3.35. The number of benzene rings is 2. The zero-order valence-electron chi connectivity index (χ0n) is 12.1. The minimum absolute atomic E-state index is 0.200. The van der Waals surface area contributed by atoms with Gasteiger partial charge in [0.25, 0.3) is 0 Å². The van der Waals surface area contributed by atoms with E-state index in [4.69, 9.17) is 4.98 Å². The van der Waals surface area contributed by atoms with Gasteiger partial charge in [-0.25, -0.2) is 4.98 Å². The Morgan fingerprint density at radius 1 is 0.950 bits per heavy atom. The third kappa shape index (κ3) is 2.00. The molecule has 0 saturated heterocycles. The van der Waals surface area contributed by atoms with Crippen LogP contribution in [-0.4, -0.2) is 16.6 Å². The largest absolute Gasteiger partial charge is 0.308 e. The Balaban J connectivity index is 2.35. The van der Waals surface area contributed by atoms with Crippen LogP contribution >= 0.6 is 0 Å². The zero-order chi connectivity index (χ0) is 14.2. The molecule has 2 aromatic carbocycles. The average Bonchev–Trinajstić information content (AvgIpc) is 2.88. The predicted molar refractivity (Wildman–Crippen MR) is 83.2 cm³/mol. The van der Waals surface area contributed by atoms with E-state index in [9.17, 15) is 0 Å². The first-order chi connectivity index (χ1) is 9.63. The Labute approximate surface area is 119 Å². The summed E-state index contributed by atoms with van der Waals surface area (Å²) in [7, 11) is 1.97. The SMILES string of the molecule is CNC(C)(C)c1nc2ccccc2n1-c1ccccc1. The van der Waals surface area contributed by atoms with Gasteiger partial charge in [-0.2, -0.15) is 0 Å². The normalized spacial score (nSPS) is 11.9. The molecule has 1 heterocycles. The molecule has 102 valence electrons. The van der Waals surface area contributed by atoms with Gasteiger partial charge in [-0.05, 0) is 45.2 Å². The summed E-state index contributed by atoms with van der Waals surface area (Å²) >= 11 is 0. The van der Waals surface area contributed by atoms with E-state index in [1.807, 2.05) is 19.2 Å². The highest BCUT2D eigenvalue weighted by Gasteiger charge is 2.26. The summed E-state index contributed by atoms with van der Waals surface area (Å²) in [6.07, 6.45) is 0. The van der Waals surface area contributed by atoms with E-state index < -0.39 is 0 Å². The number of hydrogen-bond donors (Lipinski definition) is 1. The van der Waals surface area contributed by atoms with Crippen molar-refractivity contribution < 1.29 is 0 Å². The smallest absolute Gasteiger partial charge is 0.134 e. The summed E-state index contributed by atoms with van der Waals surface area (Å²) in [5.41, 5.74) is 3.10. The molecular weight excluding hydrogens is 246 g/mol. The summed E-state index contributed by atoms with van der Waals surface area (Å²) in [6, 6.07) is 18.6. The van der Waals surface area contributed by atoms with Crippen LogP contribution < -0.4 is 5.32 Å². The molecule has 0 amide bonds. The molecule has 0 aliphatic heterocycles. The summed E-state index contributed by atoms with van der Waals surface area (Å²) in [6.45, 7) is 4.29. The zero-order valence-corrected chi connectivity index (χ0v) is 12.1. The first-order valence-electron chi connectivity index (χ1n) is 6.86. The van der Waals surface area contributed by atoms with Gasteiger partial charge in [0.15, 0.2) is 0 Å². The molecule has 1 N–H and O–H groups in total. The number of fused-ring (bicyclic) bond motifs is 1. The van der Waals surface area contributed by atoms with Crippen LogP contribution in [0.15, 0.2) is 54.6 Å². The van der Waals surface area contributed by atoms with Crippen molar-refractivity contribution in [2.24, 2.45) is 0 Å². The molecule has 0 saturated carbocycles. The van der Waals surface area contributed by atoms with Crippen molar-refractivity contribution in [2.45, 2.75) is 19.4 Å². The molecule has 3 rings (SSSR count). The minimum atomic E-state index is -0.200. The van der Waals surface area contributed by atoms with Crippen LogP contribution in [0.1, 0.15) is 19.7 Å². The molecule has 0 radical (unpaired) electrons. The fraction of sp³-hybridized carbons (Fsp3) is 0.235. The van der Waals surface area contributed by atoms with Crippen LogP contribution in [0.25, 0.3) is 16.7 Å². The molecule has 3 nitrogen and oxygen atoms in total. The number of imidazole rings is 1. The monoisotopic (exact) mass is 265 g/mol. The van der Waals surface area contributed by atoms with Gasteiger partial charge in [-0.15, -0.1) is 0 Å². The van der Waals surface area contributed by atoms with Crippen molar-refractivity contribution in [3.63, 3.8) is 0 Å². The highest BCUT2D eigenvalue weighted by molar-refractivity contribution is 5.78. The van der Waals surface area contributed by atoms with Crippen molar-refractivity contribution in [1.29, 1.82) is 0 Å². The fourth-order valence-corrected chi connectivity index (χ4v) is 2.40. The maximum Gasteiger partial charge on any atom is 0.134 e. The van der Waals surface area contributed by atoms with Crippen LogP contribution in [0.5, 0.6) is 0 Å². The second-order valence-electron chi connectivity index (χ2n) is 5.47. The molecule has 0 unspecified atom stereocenters. The molecule has 1 aromatic heterocycles. The second-order valence-corrected chi connectivity index (χ2v) is 5.47. The molecular formula is C17H19N3. The van der Waals surface area contributed by atoms with Crippen molar-refractivity contribution in [3.8, 4) is 5.69 Å². The summed E-state index contributed by atoms with van der Waals surface area (Å²) < 4.78 is 2.23. The van der Waals surface area contributed by atoms with E-state index in [-0.39, 0.29) is 5.54 Å². The lowest BCUT2D eigenvalue weighted by molar-refractivity contribution is 0.413. The van der Waals surface area contributed by atoms with Gasteiger partial charge in [0.1, 0.15) is 5.82 Å². The third-order valence-electron chi connectivity index (χ3n) is 3.76. The molecule has 0 aliphatic rings. The van der Waals surface area contributed by atoms with E-state index in [1.165, 1.54) is 0 Å². The maximum atomic E-state index is 4.83. The van der Waals surface area contributed by atoms with Gasteiger partial charge in [-0.1, -0.05) is 30.3 Å². The molecule has 0 bridgehead atoms. The topological polar surface area (TPSA) is 29.9 Å². The standard InChI is InChI=1S/C17H19N3/c1-17(2,18-3)16-19-14-11-7-8-12-15(14)20(16)13-9-5-4-6-10-13/h4-12,18H,1-3H3. The van der Waals surface area contributed by atoms with Crippen LogP contribution in [0.4, 0.5) is 0 Å². The number of hydrogen-bond acceptors (Lipinski definition) is 2. The molecule has 0 aliphatic carbocycles. The van der Waals surface area contributed by atoms with E-state index >= 15 is 0 Å².